The molecule has 0 aliphatic heterocycles. The van der Waals surface area contributed by atoms with Crippen LogP contribution in [0.25, 0.3) is 11.3 Å². The van der Waals surface area contributed by atoms with E-state index in [1.54, 1.807) is 24.3 Å². The van der Waals surface area contributed by atoms with Crippen LogP contribution in [-0.2, 0) is 12.6 Å². The van der Waals surface area contributed by atoms with E-state index < -0.39 is 17.7 Å². The fourth-order valence-corrected chi connectivity index (χ4v) is 4.75. The molecule has 7 heteroatoms. The SMILES string of the molecule is CCc1oc(-c2ccc(C(F)(F)F)cc2)cc1C(Nc1ccc(C(=O)O)cc1)C1CCCCC1. The number of nitrogens with one attached hydrogen (secondary N) is 1. The van der Waals surface area contributed by atoms with E-state index in [9.17, 15) is 23.1 Å². The predicted octanol–water partition coefficient (Wildman–Crippen LogP) is 7.96. The van der Waals surface area contributed by atoms with Gasteiger partial charge in [0.25, 0.3) is 0 Å². The number of hydrogen-bond donors (Lipinski definition) is 2. The molecule has 2 N–H and O–H groups in total. The summed E-state index contributed by atoms with van der Waals surface area (Å²) < 4.78 is 45.0. The maximum Gasteiger partial charge on any atom is 0.416 e. The van der Waals surface area contributed by atoms with Crippen molar-refractivity contribution in [1.29, 1.82) is 0 Å². The highest BCUT2D eigenvalue weighted by molar-refractivity contribution is 5.88. The lowest BCUT2D eigenvalue weighted by Crippen LogP contribution is -2.23. The van der Waals surface area contributed by atoms with E-state index in [0.29, 0.717) is 23.7 Å². The maximum absolute atomic E-state index is 13.0. The van der Waals surface area contributed by atoms with Crippen LogP contribution in [-0.4, -0.2) is 11.1 Å². The van der Waals surface area contributed by atoms with Crippen LogP contribution < -0.4 is 5.32 Å². The number of hydrogen-bond acceptors (Lipinski definition) is 3. The number of furan rings is 1. The normalized spacial score (nSPS) is 15.8. The second kappa shape index (κ2) is 9.95. The highest BCUT2D eigenvalue weighted by atomic mass is 19.4. The molecule has 1 aliphatic carbocycles. The van der Waals surface area contributed by atoms with E-state index >= 15 is 0 Å². The number of benzene rings is 2. The van der Waals surface area contributed by atoms with Gasteiger partial charge < -0.3 is 14.8 Å². The van der Waals surface area contributed by atoms with Crippen molar-refractivity contribution in [3.05, 3.63) is 77.0 Å². The van der Waals surface area contributed by atoms with Crippen molar-refractivity contribution in [2.45, 2.75) is 57.7 Å². The minimum Gasteiger partial charge on any atom is -0.478 e. The van der Waals surface area contributed by atoms with Gasteiger partial charge >= 0.3 is 12.1 Å². The summed E-state index contributed by atoms with van der Waals surface area (Å²) in [6.45, 7) is 2.00. The van der Waals surface area contributed by atoms with Gasteiger partial charge in [-0.05, 0) is 61.2 Å². The number of aryl methyl sites for hydroxylation is 1. The van der Waals surface area contributed by atoms with Gasteiger partial charge in [-0.15, -0.1) is 0 Å². The summed E-state index contributed by atoms with van der Waals surface area (Å²) in [6, 6.07) is 13.6. The number of carboxylic acids is 1. The molecule has 0 amide bonds. The third-order valence-corrected chi connectivity index (χ3v) is 6.57. The van der Waals surface area contributed by atoms with Crippen molar-refractivity contribution in [1.82, 2.24) is 0 Å². The summed E-state index contributed by atoms with van der Waals surface area (Å²) in [5.74, 6) is 0.750. The van der Waals surface area contributed by atoms with Gasteiger partial charge in [-0.3, -0.25) is 0 Å². The van der Waals surface area contributed by atoms with Gasteiger partial charge in [-0.25, -0.2) is 4.79 Å². The summed E-state index contributed by atoms with van der Waals surface area (Å²) in [5, 5.41) is 12.8. The smallest absolute Gasteiger partial charge is 0.416 e. The van der Waals surface area contributed by atoms with E-state index in [2.05, 4.69) is 5.32 Å². The Bertz CT molecular complexity index is 1110. The molecule has 1 unspecified atom stereocenters. The molecule has 0 spiro atoms. The van der Waals surface area contributed by atoms with E-state index in [1.807, 2.05) is 13.0 Å². The van der Waals surface area contributed by atoms with Crippen molar-refractivity contribution in [3.8, 4) is 11.3 Å². The van der Waals surface area contributed by atoms with Crippen LogP contribution in [0, 0.1) is 5.92 Å². The summed E-state index contributed by atoms with van der Waals surface area (Å²) in [5.41, 5.74) is 1.96. The lowest BCUT2D eigenvalue weighted by molar-refractivity contribution is -0.137. The first kappa shape index (κ1) is 23.9. The minimum atomic E-state index is -4.38. The molecule has 4 nitrogen and oxygen atoms in total. The van der Waals surface area contributed by atoms with Gasteiger partial charge in [-0.2, -0.15) is 13.2 Å². The van der Waals surface area contributed by atoms with Gasteiger partial charge in [0.15, 0.2) is 0 Å². The summed E-state index contributed by atoms with van der Waals surface area (Å²) in [4.78, 5) is 11.2. The number of carboxylic acid groups (broad SMARTS) is 1. The van der Waals surface area contributed by atoms with Gasteiger partial charge in [0.2, 0.25) is 0 Å². The molecule has 1 aliphatic rings. The Hall–Kier alpha value is -3.22. The number of halogens is 3. The van der Waals surface area contributed by atoms with Crippen molar-refractivity contribution in [2.75, 3.05) is 5.32 Å². The first-order valence-electron chi connectivity index (χ1n) is 11.7. The van der Waals surface area contributed by atoms with Crippen LogP contribution in [0.1, 0.15) is 72.3 Å². The highest BCUT2D eigenvalue weighted by Crippen LogP contribution is 2.41. The van der Waals surface area contributed by atoms with Gasteiger partial charge in [-0.1, -0.05) is 38.3 Å². The van der Waals surface area contributed by atoms with Crippen LogP contribution in [0.3, 0.4) is 0 Å². The molecule has 1 saturated carbocycles. The first-order chi connectivity index (χ1) is 16.3. The molecule has 1 heterocycles. The molecular weight excluding hydrogens is 443 g/mol. The fraction of sp³-hybridized carbons (Fsp3) is 0.370. The number of anilines is 1. The Labute approximate surface area is 196 Å². The average Bonchev–Trinajstić information content (AvgIpc) is 3.27. The Morgan fingerprint density at radius 3 is 2.26 bits per heavy atom. The Morgan fingerprint density at radius 2 is 1.71 bits per heavy atom. The van der Waals surface area contributed by atoms with Gasteiger partial charge in [0.05, 0.1) is 17.2 Å². The molecule has 0 bridgehead atoms. The minimum absolute atomic E-state index is 0.0436. The van der Waals surface area contributed by atoms with Crippen molar-refractivity contribution in [2.24, 2.45) is 5.92 Å². The number of aromatic carboxylic acids is 1. The van der Waals surface area contributed by atoms with Gasteiger partial charge in [0, 0.05) is 23.2 Å². The third kappa shape index (κ3) is 5.29. The summed E-state index contributed by atoms with van der Waals surface area (Å²) >= 11 is 0. The summed E-state index contributed by atoms with van der Waals surface area (Å²) in [6.07, 6.45) is 1.90. The predicted molar refractivity (Wildman–Crippen MR) is 125 cm³/mol. The number of rotatable bonds is 7. The second-order valence-electron chi connectivity index (χ2n) is 8.82. The highest BCUT2D eigenvalue weighted by Gasteiger charge is 2.31. The number of carbonyl (C=O) groups is 1. The van der Waals surface area contributed by atoms with Crippen molar-refractivity contribution >= 4 is 11.7 Å². The van der Waals surface area contributed by atoms with Crippen LogP contribution in [0.4, 0.5) is 18.9 Å². The van der Waals surface area contributed by atoms with E-state index in [1.165, 1.54) is 18.6 Å². The molecule has 2 aromatic carbocycles. The molecule has 1 atom stereocenters. The lowest BCUT2D eigenvalue weighted by Gasteiger charge is -2.32. The zero-order chi connectivity index (χ0) is 24.3. The van der Waals surface area contributed by atoms with Crippen LogP contribution in [0.2, 0.25) is 0 Å². The topological polar surface area (TPSA) is 62.5 Å². The van der Waals surface area contributed by atoms with Crippen LogP contribution >= 0.6 is 0 Å². The molecule has 1 fully saturated rings. The molecule has 34 heavy (non-hydrogen) atoms. The third-order valence-electron chi connectivity index (χ3n) is 6.57. The van der Waals surface area contributed by atoms with E-state index in [4.69, 9.17) is 4.42 Å². The van der Waals surface area contributed by atoms with E-state index in [0.717, 1.165) is 54.8 Å². The van der Waals surface area contributed by atoms with Crippen LogP contribution in [0.5, 0.6) is 0 Å². The van der Waals surface area contributed by atoms with Gasteiger partial charge in [0.1, 0.15) is 11.5 Å². The maximum atomic E-state index is 13.0. The summed E-state index contributed by atoms with van der Waals surface area (Å²) in [7, 11) is 0. The molecule has 0 saturated heterocycles. The van der Waals surface area contributed by atoms with Crippen molar-refractivity contribution in [3.63, 3.8) is 0 Å². The van der Waals surface area contributed by atoms with Crippen molar-refractivity contribution < 1.29 is 27.5 Å². The molecule has 180 valence electrons. The first-order valence-corrected chi connectivity index (χ1v) is 11.7. The molecule has 4 rings (SSSR count). The molecular formula is C27H28F3NO3. The molecule has 0 radical (unpaired) electrons. The zero-order valence-electron chi connectivity index (χ0n) is 19.0. The number of alkyl halides is 3. The zero-order valence-corrected chi connectivity index (χ0v) is 19.0. The second-order valence-corrected chi connectivity index (χ2v) is 8.82. The quantitative estimate of drug-likeness (QED) is 0.367. The Morgan fingerprint density at radius 1 is 1.06 bits per heavy atom. The van der Waals surface area contributed by atoms with E-state index in [-0.39, 0.29) is 11.6 Å². The molecule has 1 aromatic heterocycles. The largest absolute Gasteiger partial charge is 0.478 e. The monoisotopic (exact) mass is 471 g/mol. The fourth-order valence-electron chi connectivity index (χ4n) is 4.75. The standard InChI is InChI=1S/C27H28F3NO3/c1-2-23-22(16-24(34-23)17-8-12-20(13-9-17)27(28,29)30)25(18-6-4-3-5-7-18)31-21-14-10-19(11-15-21)26(32)33/h8-16,18,25,31H,2-7H2,1H3,(H,32,33). The molecule has 3 aromatic rings. The average molecular weight is 472 g/mol. The Balaban J connectivity index is 1.67. The lowest BCUT2D eigenvalue weighted by atomic mass is 9.80. The Kier molecular flexibility index (Phi) is 7.00. The van der Waals surface area contributed by atoms with Crippen LogP contribution in [0.15, 0.2) is 59.0 Å².